The molecule has 0 radical (unpaired) electrons. The van der Waals surface area contributed by atoms with Crippen LogP contribution in [0.2, 0.25) is 0 Å². The number of hydrogen-bond acceptors (Lipinski definition) is 4. The molecule has 5 nitrogen and oxygen atoms in total. The summed E-state index contributed by atoms with van der Waals surface area (Å²) in [6.07, 6.45) is 1.02. The van der Waals surface area contributed by atoms with Gasteiger partial charge in [-0.1, -0.05) is 19.1 Å². The molecule has 0 saturated carbocycles. The summed E-state index contributed by atoms with van der Waals surface area (Å²) in [5, 5.41) is 2.87. The number of para-hydroxylation sites is 1. The van der Waals surface area contributed by atoms with Crippen molar-refractivity contribution in [2.24, 2.45) is 0 Å². The van der Waals surface area contributed by atoms with Crippen LogP contribution in [0.25, 0.3) is 0 Å². The van der Waals surface area contributed by atoms with Crippen molar-refractivity contribution in [3.05, 3.63) is 28.7 Å². The van der Waals surface area contributed by atoms with Gasteiger partial charge in [0.25, 0.3) is 0 Å². The molecular weight excluding hydrogens is 368 g/mol. The predicted molar refractivity (Wildman–Crippen MR) is 91.7 cm³/mol. The number of hydrogen-bond donors (Lipinski definition) is 1. The second-order valence-electron chi connectivity index (χ2n) is 5.46. The lowest BCUT2D eigenvalue weighted by Crippen LogP contribution is -2.38. The van der Waals surface area contributed by atoms with Gasteiger partial charge in [0, 0.05) is 23.5 Å². The minimum Gasteiger partial charge on any atom is -0.325 e. The Kier molecular flexibility index (Phi) is 6.00. The molecule has 1 aliphatic rings. The SMILES string of the molecule is CCN(CCC(=O)Nc1ccccc1Br)C1CCS(=O)(=O)C1. The van der Waals surface area contributed by atoms with Crippen LogP contribution in [0.3, 0.4) is 0 Å². The fraction of sp³-hybridized carbons (Fsp3) is 0.533. The molecule has 1 amide bonds. The Balaban J connectivity index is 1.86. The lowest BCUT2D eigenvalue weighted by Gasteiger charge is -2.26. The Morgan fingerprint density at radius 2 is 2.14 bits per heavy atom. The zero-order valence-corrected chi connectivity index (χ0v) is 15.0. The first-order valence-corrected chi connectivity index (χ1v) is 10.0. The van der Waals surface area contributed by atoms with Crippen molar-refractivity contribution in [1.82, 2.24) is 4.90 Å². The average molecular weight is 389 g/mol. The van der Waals surface area contributed by atoms with E-state index >= 15 is 0 Å². The number of rotatable bonds is 6. The van der Waals surface area contributed by atoms with E-state index in [-0.39, 0.29) is 23.5 Å². The quantitative estimate of drug-likeness (QED) is 0.811. The Labute approximate surface area is 140 Å². The minimum absolute atomic E-state index is 0.0475. The monoisotopic (exact) mass is 388 g/mol. The van der Waals surface area contributed by atoms with Crippen LogP contribution in [0.1, 0.15) is 19.8 Å². The number of halogens is 1. The highest BCUT2D eigenvalue weighted by Crippen LogP contribution is 2.22. The van der Waals surface area contributed by atoms with Crippen LogP contribution < -0.4 is 5.32 Å². The van der Waals surface area contributed by atoms with Gasteiger partial charge < -0.3 is 5.32 Å². The number of carbonyl (C=O) groups is 1. The Bertz CT molecular complexity index is 633. The molecule has 1 fully saturated rings. The average Bonchev–Trinajstić information content (AvgIpc) is 2.82. The maximum atomic E-state index is 12.1. The zero-order chi connectivity index (χ0) is 16.2. The van der Waals surface area contributed by atoms with Crippen LogP contribution >= 0.6 is 15.9 Å². The van der Waals surface area contributed by atoms with E-state index in [1.54, 1.807) is 0 Å². The molecule has 22 heavy (non-hydrogen) atoms. The number of nitrogens with zero attached hydrogens (tertiary/aromatic N) is 1. The topological polar surface area (TPSA) is 66.5 Å². The van der Waals surface area contributed by atoms with Crippen LogP contribution in [-0.4, -0.2) is 49.9 Å². The molecular formula is C15H21BrN2O3S. The normalized spacial score (nSPS) is 20.2. The molecule has 1 unspecified atom stereocenters. The molecule has 2 rings (SSSR count). The van der Waals surface area contributed by atoms with Crippen LogP contribution in [-0.2, 0) is 14.6 Å². The van der Waals surface area contributed by atoms with Gasteiger partial charge in [-0.2, -0.15) is 0 Å². The number of amides is 1. The van der Waals surface area contributed by atoms with Gasteiger partial charge in [-0.3, -0.25) is 9.69 Å². The minimum atomic E-state index is -2.89. The molecule has 0 aromatic heterocycles. The number of sulfone groups is 1. The van der Waals surface area contributed by atoms with Crippen LogP contribution in [0.4, 0.5) is 5.69 Å². The largest absolute Gasteiger partial charge is 0.325 e. The van der Waals surface area contributed by atoms with Gasteiger partial charge >= 0.3 is 0 Å². The Morgan fingerprint density at radius 1 is 1.41 bits per heavy atom. The maximum absolute atomic E-state index is 12.1. The summed E-state index contributed by atoms with van der Waals surface area (Å²) >= 11 is 3.39. The van der Waals surface area contributed by atoms with Gasteiger partial charge in [0.1, 0.15) is 0 Å². The van der Waals surface area contributed by atoms with Gasteiger partial charge in [-0.25, -0.2) is 8.42 Å². The summed E-state index contributed by atoms with van der Waals surface area (Å²) in [5.41, 5.74) is 0.749. The first-order chi connectivity index (χ1) is 10.4. The van der Waals surface area contributed by atoms with Crippen molar-refractivity contribution in [1.29, 1.82) is 0 Å². The van der Waals surface area contributed by atoms with E-state index < -0.39 is 9.84 Å². The molecule has 122 valence electrons. The molecule has 0 spiro atoms. The van der Waals surface area contributed by atoms with E-state index in [0.717, 1.165) is 16.7 Å². The number of carbonyl (C=O) groups excluding carboxylic acids is 1. The summed E-state index contributed by atoms with van der Waals surface area (Å²) in [5.74, 6) is 0.413. The number of anilines is 1. The van der Waals surface area contributed by atoms with E-state index in [4.69, 9.17) is 0 Å². The Hall–Kier alpha value is -0.920. The first-order valence-electron chi connectivity index (χ1n) is 7.40. The van der Waals surface area contributed by atoms with Gasteiger partial charge in [0.2, 0.25) is 5.91 Å². The van der Waals surface area contributed by atoms with Crippen molar-refractivity contribution in [3.63, 3.8) is 0 Å². The summed E-state index contributed by atoms with van der Waals surface area (Å²) in [6, 6.07) is 7.51. The number of nitrogens with one attached hydrogen (secondary N) is 1. The van der Waals surface area contributed by atoms with Gasteiger partial charge in [-0.15, -0.1) is 0 Å². The molecule has 1 aromatic rings. The summed E-state index contributed by atoms with van der Waals surface area (Å²) in [6.45, 7) is 3.33. The molecule has 1 N–H and O–H groups in total. The molecule has 1 saturated heterocycles. The third-order valence-electron chi connectivity index (χ3n) is 3.91. The van der Waals surface area contributed by atoms with E-state index in [1.165, 1.54) is 0 Å². The van der Waals surface area contributed by atoms with Crippen molar-refractivity contribution >= 4 is 37.4 Å². The lowest BCUT2D eigenvalue weighted by molar-refractivity contribution is -0.116. The maximum Gasteiger partial charge on any atom is 0.225 e. The number of benzene rings is 1. The van der Waals surface area contributed by atoms with Crippen molar-refractivity contribution < 1.29 is 13.2 Å². The second kappa shape index (κ2) is 7.57. The molecule has 1 aliphatic heterocycles. The van der Waals surface area contributed by atoms with Gasteiger partial charge in [0.15, 0.2) is 9.84 Å². The fourth-order valence-corrected chi connectivity index (χ4v) is 4.83. The van der Waals surface area contributed by atoms with Gasteiger partial charge in [0.05, 0.1) is 17.2 Å². The molecule has 7 heteroatoms. The lowest BCUT2D eigenvalue weighted by atomic mass is 10.2. The summed E-state index contributed by atoms with van der Waals surface area (Å²) < 4.78 is 24.0. The summed E-state index contributed by atoms with van der Waals surface area (Å²) in [4.78, 5) is 14.1. The van der Waals surface area contributed by atoms with Crippen molar-refractivity contribution in [3.8, 4) is 0 Å². The van der Waals surface area contributed by atoms with Crippen LogP contribution in [0.15, 0.2) is 28.7 Å². The third-order valence-corrected chi connectivity index (χ3v) is 6.35. The van der Waals surface area contributed by atoms with E-state index in [9.17, 15) is 13.2 Å². The fourth-order valence-electron chi connectivity index (χ4n) is 2.68. The standard InChI is InChI=1S/C15H21BrN2O3S/c1-2-18(12-8-10-22(20,21)11-12)9-7-15(19)17-14-6-4-3-5-13(14)16/h3-6,12H,2,7-11H2,1H3,(H,17,19). The molecule has 1 heterocycles. The predicted octanol–water partition coefficient (Wildman–Crippen LogP) is 2.29. The van der Waals surface area contributed by atoms with E-state index in [0.29, 0.717) is 19.4 Å². The highest BCUT2D eigenvalue weighted by molar-refractivity contribution is 9.10. The van der Waals surface area contributed by atoms with Crippen molar-refractivity contribution in [2.75, 3.05) is 29.9 Å². The second-order valence-corrected chi connectivity index (χ2v) is 8.55. The smallest absolute Gasteiger partial charge is 0.225 e. The van der Waals surface area contributed by atoms with Crippen LogP contribution in [0, 0.1) is 0 Å². The molecule has 0 aliphatic carbocycles. The van der Waals surface area contributed by atoms with Gasteiger partial charge in [-0.05, 0) is 41.0 Å². The molecule has 1 atom stereocenters. The first kappa shape index (κ1) is 17.4. The zero-order valence-electron chi connectivity index (χ0n) is 12.6. The molecule has 1 aromatic carbocycles. The van der Waals surface area contributed by atoms with Crippen LogP contribution in [0.5, 0.6) is 0 Å². The summed E-state index contributed by atoms with van der Waals surface area (Å²) in [7, 11) is -2.89. The van der Waals surface area contributed by atoms with E-state index in [1.807, 2.05) is 31.2 Å². The Morgan fingerprint density at radius 3 is 2.73 bits per heavy atom. The third kappa shape index (κ3) is 4.79. The highest BCUT2D eigenvalue weighted by Gasteiger charge is 2.31. The highest BCUT2D eigenvalue weighted by atomic mass is 79.9. The van der Waals surface area contributed by atoms with E-state index in [2.05, 4.69) is 26.1 Å². The molecule has 0 bridgehead atoms. The van der Waals surface area contributed by atoms with Crippen molar-refractivity contribution in [2.45, 2.75) is 25.8 Å².